The maximum atomic E-state index is 10.9. The summed E-state index contributed by atoms with van der Waals surface area (Å²) in [6.45, 7) is 0. The Morgan fingerprint density at radius 1 is 1.20 bits per heavy atom. The minimum absolute atomic E-state index is 0.279. The Morgan fingerprint density at radius 3 is 2.80 bits per heavy atom. The lowest BCUT2D eigenvalue weighted by atomic mass is 10.1. The fraction of sp³-hybridized carbons (Fsp3) is 0. The normalized spacial score (nSPS) is 16.4. The number of nitrogens with zero attached hydrogens (tertiary/aromatic N) is 1. The first kappa shape index (κ1) is 8.17. The summed E-state index contributed by atoms with van der Waals surface area (Å²) in [5.74, 6) is -0.923. The first-order chi connectivity index (χ1) is 7.27. The van der Waals surface area contributed by atoms with Crippen LogP contribution in [-0.4, -0.2) is 11.1 Å². The number of carboxylic acid groups (broad SMARTS) is 1. The number of hydrogen-bond donors (Lipinski definition) is 1. The van der Waals surface area contributed by atoms with Gasteiger partial charge in [0.2, 0.25) is 0 Å². The molecule has 3 rings (SSSR count). The highest BCUT2D eigenvalue weighted by Crippen LogP contribution is 2.27. The molecule has 0 bridgehead atoms. The van der Waals surface area contributed by atoms with Gasteiger partial charge in [-0.2, -0.15) is 0 Å². The molecule has 0 amide bonds. The fourth-order valence-corrected chi connectivity index (χ4v) is 1.90. The first-order valence-corrected chi connectivity index (χ1v) is 4.61. The molecule has 1 aliphatic heterocycles. The number of carboxylic acids is 1. The van der Waals surface area contributed by atoms with Gasteiger partial charge in [0.15, 0.2) is 0 Å². The van der Waals surface area contributed by atoms with E-state index in [1.807, 2.05) is 30.3 Å². The van der Waals surface area contributed by atoms with Crippen molar-refractivity contribution in [3.63, 3.8) is 0 Å². The van der Waals surface area contributed by atoms with Gasteiger partial charge < -0.3 is 5.11 Å². The van der Waals surface area contributed by atoms with Crippen LogP contribution in [0.15, 0.2) is 52.7 Å². The monoisotopic (exact) mass is 197 g/mol. The van der Waals surface area contributed by atoms with Crippen LogP contribution in [-0.2, 0) is 4.79 Å². The van der Waals surface area contributed by atoms with E-state index < -0.39 is 5.97 Å². The molecule has 0 fully saturated rings. The van der Waals surface area contributed by atoms with Gasteiger partial charge in [-0.15, -0.1) is 0 Å². The lowest BCUT2D eigenvalue weighted by Gasteiger charge is -1.93. The van der Waals surface area contributed by atoms with Crippen molar-refractivity contribution in [2.24, 2.45) is 4.99 Å². The molecular weight excluding hydrogens is 190 g/mol. The van der Waals surface area contributed by atoms with Crippen molar-refractivity contribution in [3.8, 4) is 0 Å². The van der Waals surface area contributed by atoms with Gasteiger partial charge in [-0.05, 0) is 12.1 Å². The highest BCUT2D eigenvalue weighted by Gasteiger charge is 2.22. The lowest BCUT2D eigenvalue weighted by Crippen LogP contribution is -2.21. The van der Waals surface area contributed by atoms with E-state index in [-0.39, 0.29) is 5.57 Å². The summed E-state index contributed by atoms with van der Waals surface area (Å²) in [7, 11) is 0. The highest BCUT2D eigenvalue weighted by atomic mass is 16.4. The number of aliphatic carboxylic acids is 1. The van der Waals surface area contributed by atoms with Gasteiger partial charge in [0, 0.05) is 10.8 Å². The van der Waals surface area contributed by atoms with Crippen molar-refractivity contribution in [3.05, 3.63) is 58.3 Å². The maximum absolute atomic E-state index is 10.9. The van der Waals surface area contributed by atoms with Gasteiger partial charge in [-0.1, -0.05) is 24.3 Å². The molecule has 1 aromatic carbocycles. The van der Waals surface area contributed by atoms with E-state index in [0.29, 0.717) is 5.70 Å². The van der Waals surface area contributed by atoms with Crippen LogP contribution >= 0.6 is 0 Å². The fourth-order valence-electron chi connectivity index (χ4n) is 1.90. The third kappa shape index (κ3) is 1.00. The van der Waals surface area contributed by atoms with Crippen LogP contribution < -0.4 is 10.6 Å². The molecular formula is C12H7NO2. The predicted molar refractivity (Wildman–Crippen MR) is 54.4 cm³/mol. The van der Waals surface area contributed by atoms with E-state index in [9.17, 15) is 4.79 Å². The van der Waals surface area contributed by atoms with E-state index >= 15 is 0 Å². The Morgan fingerprint density at radius 2 is 2.00 bits per heavy atom. The zero-order chi connectivity index (χ0) is 10.4. The molecule has 0 saturated carbocycles. The molecule has 3 nitrogen and oxygen atoms in total. The molecule has 3 heteroatoms. The van der Waals surface area contributed by atoms with Crippen LogP contribution in [0.2, 0.25) is 0 Å². The Kier molecular flexibility index (Phi) is 1.45. The van der Waals surface area contributed by atoms with Crippen LogP contribution in [0.4, 0.5) is 0 Å². The molecule has 1 N–H and O–H groups in total. The smallest absolute Gasteiger partial charge is 0.337 e. The summed E-state index contributed by atoms with van der Waals surface area (Å²) in [4.78, 5) is 15.2. The molecule has 0 aromatic heterocycles. The average Bonchev–Trinajstić information content (AvgIpc) is 2.74. The summed E-state index contributed by atoms with van der Waals surface area (Å²) in [6.07, 6.45) is 3.42. The summed E-state index contributed by atoms with van der Waals surface area (Å²) < 4.78 is 0. The predicted octanol–water partition coefficient (Wildman–Crippen LogP) is 0.379. The third-order valence-corrected chi connectivity index (χ3v) is 2.58. The number of allylic oxidation sites excluding steroid dienone is 1. The van der Waals surface area contributed by atoms with Gasteiger partial charge in [-0.25, -0.2) is 9.79 Å². The zero-order valence-corrected chi connectivity index (χ0v) is 7.77. The number of benzene rings is 1. The van der Waals surface area contributed by atoms with Gasteiger partial charge in [0.1, 0.15) is 0 Å². The maximum Gasteiger partial charge on any atom is 0.337 e. The third-order valence-electron chi connectivity index (χ3n) is 2.58. The number of fused-ring (bicyclic) bond motifs is 2. The minimum atomic E-state index is -0.923. The van der Waals surface area contributed by atoms with E-state index in [1.165, 1.54) is 0 Å². The Labute approximate surface area is 85.4 Å². The standard InChI is InChI=1S/C12H7NO2/c14-12(15)9-6-5-8-7-3-1-2-4-10(7)13-11(8)9/h1-6H,(H,14,15). The molecule has 0 saturated heterocycles. The number of para-hydroxylation sites is 1. The molecule has 0 spiro atoms. The van der Waals surface area contributed by atoms with Crippen molar-refractivity contribution < 1.29 is 9.90 Å². The molecule has 2 aliphatic rings. The average molecular weight is 197 g/mol. The first-order valence-electron chi connectivity index (χ1n) is 4.61. The van der Waals surface area contributed by atoms with E-state index in [2.05, 4.69) is 4.99 Å². The molecule has 1 heterocycles. The van der Waals surface area contributed by atoms with Gasteiger partial charge in [0.25, 0.3) is 0 Å². The number of hydrogen-bond acceptors (Lipinski definition) is 2. The number of rotatable bonds is 1. The molecule has 0 atom stereocenters. The summed E-state index contributed by atoms with van der Waals surface area (Å²) in [6, 6.07) is 7.67. The Bertz CT molecular complexity index is 650. The van der Waals surface area contributed by atoms with Crippen LogP contribution in [0.3, 0.4) is 0 Å². The summed E-state index contributed by atoms with van der Waals surface area (Å²) >= 11 is 0. The molecule has 1 aromatic rings. The second kappa shape index (κ2) is 2.67. The molecule has 0 radical (unpaired) electrons. The lowest BCUT2D eigenvalue weighted by molar-refractivity contribution is -0.132. The van der Waals surface area contributed by atoms with Crippen molar-refractivity contribution in [2.75, 3.05) is 0 Å². The molecule has 15 heavy (non-hydrogen) atoms. The van der Waals surface area contributed by atoms with Crippen molar-refractivity contribution in [2.45, 2.75) is 0 Å². The van der Waals surface area contributed by atoms with Crippen LogP contribution in [0.1, 0.15) is 0 Å². The minimum Gasteiger partial charge on any atom is -0.478 e. The Balaban J connectivity index is 2.43. The van der Waals surface area contributed by atoms with Gasteiger partial charge >= 0.3 is 5.97 Å². The van der Waals surface area contributed by atoms with Crippen LogP contribution in [0.25, 0.3) is 5.57 Å². The summed E-state index contributed by atoms with van der Waals surface area (Å²) in [5, 5.41) is 10.8. The van der Waals surface area contributed by atoms with Crippen LogP contribution in [0.5, 0.6) is 0 Å². The molecule has 72 valence electrons. The van der Waals surface area contributed by atoms with Crippen molar-refractivity contribution >= 4 is 11.5 Å². The van der Waals surface area contributed by atoms with Gasteiger partial charge in [-0.3, -0.25) is 0 Å². The highest BCUT2D eigenvalue weighted by molar-refractivity contribution is 5.99. The SMILES string of the molecule is O=C(O)C1=C2N=c3ccccc3=C2C=C1. The van der Waals surface area contributed by atoms with Gasteiger partial charge in [0.05, 0.1) is 16.6 Å². The Hall–Kier alpha value is -2.16. The second-order valence-electron chi connectivity index (χ2n) is 3.44. The molecule has 1 aliphatic carbocycles. The second-order valence-corrected chi connectivity index (χ2v) is 3.44. The van der Waals surface area contributed by atoms with Crippen molar-refractivity contribution in [1.29, 1.82) is 0 Å². The van der Waals surface area contributed by atoms with E-state index in [1.54, 1.807) is 6.08 Å². The number of carbonyl (C=O) groups is 1. The zero-order valence-electron chi connectivity index (χ0n) is 7.77. The van der Waals surface area contributed by atoms with E-state index in [0.717, 1.165) is 16.1 Å². The molecule has 0 unspecified atom stereocenters. The van der Waals surface area contributed by atoms with Crippen molar-refractivity contribution in [1.82, 2.24) is 0 Å². The quantitative estimate of drug-likeness (QED) is 0.707. The summed E-state index contributed by atoms with van der Waals surface area (Å²) in [5.41, 5.74) is 1.79. The van der Waals surface area contributed by atoms with E-state index in [4.69, 9.17) is 5.11 Å². The van der Waals surface area contributed by atoms with Crippen LogP contribution in [0, 0.1) is 0 Å². The topological polar surface area (TPSA) is 49.7 Å². The largest absolute Gasteiger partial charge is 0.478 e.